The molecule has 0 saturated heterocycles. The summed E-state index contributed by atoms with van der Waals surface area (Å²) in [5, 5.41) is 7.45. The van der Waals surface area contributed by atoms with Gasteiger partial charge in [0.25, 0.3) is 0 Å². The molecule has 1 aromatic carbocycles. The highest BCUT2D eigenvalue weighted by molar-refractivity contribution is 7.16. The molecule has 0 aliphatic heterocycles. The van der Waals surface area contributed by atoms with Crippen LogP contribution >= 0.6 is 11.3 Å². The Kier molecular flexibility index (Phi) is 6.21. The largest absolute Gasteiger partial charge is 0.342 e. The normalized spacial score (nSPS) is 10.5. The smallest absolute Gasteiger partial charge is 0.163 e. The molecule has 24 heavy (non-hydrogen) atoms. The Labute approximate surface area is 148 Å². The van der Waals surface area contributed by atoms with Crippen molar-refractivity contribution < 1.29 is 4.79 Å². The molecule has 0 saturated carbocycles. The van der Waals surface area contributed by atoms with Gasteiger partial charge in [-0.05, 0) is 44.4 Å². The highest BCUT2D eigenvalue weighted by Gasteiger charge is 2.20. The molecule has 0 unspecified atom stereocenters. The average molecular weight is 343 g/mol. The van der Waals surface area contributed by atoms with E-state index in [-0.39, 0.29) is 5.78 Å². The fourth-order valence-electron chi connectivity index (χ4n) is 2.75. The second-order valence-corrected chi connectivity index (χ2v) is 7.07. The molecule has 3 nitrogen and oxygen atoms in total. The summed E-state index contributed by atoms with van der Waals surface area (Å²) in [6, 6.07) is 8.14. The van der Waals surface area contributed by atoms with Gasteiger partial charge in [-0.1, -0.05) is 44.5 Å². The van der Waals surface area contributed by atoms with Gasteiger partial charge in [0.15, 0.2) is 5.78 Å². The summed E-state index contributed by atoms with van der Waals surface area (Å²) >= 11 is 1.66. The number of hydrogen-bond acceptors (Lipinski definition) is 4. The molecule has 1 heterocycles. The van der Waals surface area contributed by atoms with Gasteiger partial charge in [-0.3, -0.25) is 4.79 Å². The quantitative estimate of drug-likeness (QED) is 0.598. The van der Waals surface area contributed by atoms with Gasteiger partial charge in [-0.15, -0.1) is 11.3 Å². The number of Topliss-reactive ketones (excluding diaryl/α,β-unsaturated/α-hetero) is 1. The minimum atomic E-state index is 0.111. The Hall–Kier alpha value is -2.07. The first-order valence-electron chi connectivity index (χ1n) is 8.41. The van der Waals surface area contributed by atoms with Gasteiger partial charge in [0.2, 0.25) is 0 Å². The molecule has 0 aliphatic carbocycles. The van der Waals surface area contributed by atoms with Gasteiger partial charge in [0, 0.05) is 10.6 Å². The number of carbonyl (C=O) groups is 1. The van der Waals surface area contributed by atoms with Crippen LogP contribution in [-0.2, 0) is 12.8 Å². The van der Waals surface area contributed by atoms with Crippen LogP contribution in [0.25, 0.3) is 0 Å². The summed E-state index contributed by atoms with van der Waals surface area (Å²) in [5.74, 6) is 0.786. The molecule has 2 aromatic rings. The molecule has 0 spiro atoms. The number of carbonyl (C=O) groups excluding carboxylic acids is 1. The first-order valence-corrected chi connectivity index (χ1v) is 9.23. The third-order valence-corrected chi connectivity index (χ3v) is 5.17. The van der Waals surface area contributed by atoms with Gasteiger partial charge < -0.3 is 10.6 Å². The molecule has 2 rings (SSSR count). The molecule has 0 radical (unpaired) electrons. The molecular weight excluding hydrogens is 316 g/mol. The van der Waals surface area contributed by atoms with Crippen molar-refractivity contribution in [2.24, 2.45) is 0 Å². The topological polar surface area (TPSA) is 41.1 Å². The van der Waals surface area contributed by atoms with Crippen LogP contribution in [0.3, 0.4) is 0 Å². The molecule has 0 fully saturated rings. The van der Waals surface area contributed by atoms with Gasteiger partial charge in [0.05, 0.1) is 5.56 Å². The molecule has 2 N–H and O–H groups in total. The third-order valence-electron chi connectivity index (χ3n) is 3.88. The van der Waals surface area contributed by atoms with Crippen LogP contribution in [0.15, 0.2) is 36.7 Å². The minimum Gasteiger partial charge on any atom is -0.342 e. The summed E-state index contributed by atoms with van der Waals surface area (Å²) in [6.07, 6.45) is 2.92. The van der Waals surface area contributed by atoms with Crippen LogP contribution in [0, 0.1) is 6.92 Å². The molecule has 4 heteroatoms. The fourth-order valence-corrected chi connectivity index (χ4v) is 4.01. The maximum atomic E-state index is 12.2. The van der Waals surface area contributed by atoms with Crippen molar-refractivity contribution in [2.75, 3.05) is 10.6 Å². The van der Waals surface area contributed by atoms with Crippen LogP contribution in [0.1, 0.15) is 53.6 Å². The number of ketones is 1. The Morgan fingerprint density at radius 3 is 2.38 bits per heavy atom. The second-order valence-electron chi connectivity index (χ2n) is 5.96. The van der Waals surface area contributed by atoms with Crippen LogP contribution in [0.2, 0.25) is 0 Å². The van der Waals surface area contributed by atoms with E-state index in [1.54, 1.807) is 18.3 Å². The number of thiophene rings is 1. The van der Waals surface area contributed by atoms with E-state index >= 15 is 0 Å². The van der Waals surface area contributed by atoms with Crippen molar-refractivity contribution in [3.63, 3.8) is 0 Å². The van der Waals surface area contributed by atoms with Gasteiger partial charge in [-0.25, -0.2) is 0 Å². The number of anilines is 2. The molecule has 128 valence electrons. The zero-order chi connectivity index (χ0) is 17.7. The maximum absolute atomic E-state index is 12.2. The summed E-state index contributed by atoms with van der Waals surface area (Å²) in [6.45, 7) is 12.0. The Morgan fingerprint density at radius 1 is 1.17 bits per heavy atom. The highest BCUT2D eigenvalue weighted by Crippen LogP contribution is 2.36. The van der Waals surface area contributed by atoms with E-state index < -0.39 is 0 Å². The summed E-state index contributed by atoms with van der Waals surface area (Å²) < 4.78 is 0. The lowest BCUT2D eigenvalue weighted by atomic mass is 10.0. The van der Waals surface area contributed by atoms with E-state index in [0.29, 0.717) is 5.82 Å². The maximum Gasteiger partial charge on any atom is 0.163 e. The summed E-state index contributed by atoms with van der Waals surface area (Å²) in [7, 11) is 0. The Morgan fingerprint density at radius 2 is 1.83 bits per heavy atom. The van der Waals surface area contributed by atoms with Crippen molar-refractivity contribution in [3.05, 3.63) is 58.2 Å². The number of hydrogen-bond donors (Lipinski definition) is 2. The predicted octanol–water partition coefficient (Wildman–Crippen LogP) is 5.77. The van der Waals surface area contributed by atoms with Gasteiger partial charge in [-0.2, -0.15) is 0 Å². The lowest BCUT2D eigenvalue weighted by Crippen LogP contribution is -2.10. The first-order chi connectivity index (χ1) is 11.5. The second kappa shape index (κ2) is 8.15. The number of benzene rings is 1. The van der Waals surface area contributed by atoms with Crippen LogP contribution in [0.5, 0.6) is 0 Å². The zero-order valence-electron chi connectivity index (χ0n) is 15.0. The van der Waals surface area contributed by atoms with Crippen LogP contribution in [0.4, 0.5) is 10.7 Å². The van der Waals surface area contributed by atoms with Gasteiger partial charge >= 0.3 is 0 Å². The SMILES string of the molecule is C=C(Nc1ccc(C)cc1)Nc1sc(CC)c(CCC)c1C(C)=O. The van der Waals surface area contributed by atoms with E-state index in [2.05, 4.69) is 50.1 Å². The lowest BCUT2D eigenvalue weighted by molar-refractivity contribution is 0.101. The van der Waals surface area contributed by atoms with E-state index in [9.17, 15) is 4.79 Å². The van der Waals surface area contributed by atoms with E-state index in [0.717, 1.165) is 35.5 Å². The monoisotopic (exact) mass is 342 g/mol. The van der Waals surface area contributed by atoms with Crippen molar-refractivity contribution in [3.8, 4) is 0 Å². The fraction of sp³-hybridized carbons (Fsp3) is 0.350. The van der Waals surface area contributed by atoms with E-state index in [4.69, 9.17) is 0 Å². The Bertz CT molecular complexity index is 729. The first kappa shape index (κ1) is 18.3. The van der Waals surface area contributed by atoms with Crippen molar-refractivity contribution in [1.29, 1.82) is 0 Å². The number of aryl methyl sites for hydroxylation is 2. The molecule has 1 aromatic heterocycles. The molecule has 0 aliphatic rings. The third kappa shape index (κ3) is 4.26. The van der Waals surface area contributed by atoms with Crippen LogP contribution < -0.4 is 10.6 Å². The molecule has 0 amide bonds. The van der Waals surface area contributed by atoms with Crippen LogP contribution in [-0.4, -0.2) is 5.78 Å². The Balaban J connectivity index is 2.23. The molecule has 0 bridgehead atoms. The van der Waals surface area contributed by atoms with E-state index in [1.165, 1.54) is 16.0 Å². The van der Waals surface area contributed by atoms with Gasteiger partial charge in [0.1, 0.15) is 10.8 Å². The summed E-state index contributed by atoms with van der Waals surface area (Å²) in [5.41, 5.74) is 4.21. The number of rotatable bonds is 8. The van der Waals surface area contributed by atoms with E-state index in [1.807, 2.05) is 12.1 Å². The zero-order valence-corrected chi connectivity index (χ0v) is 15.8. The minimum absolute atomic E-state index is 0.111. The standard InChI is InChI=1S/C20H26N2OS/c1-6-8-17-18(7-2)24-20(19(17)14(4)23)22-15(5)21-16-11-9-13(3)10-12-16/h9-12,21-22H,5-8H2,1-4H3. The van der Waals surface area contributed by atoms with Crippen molar-refractivity contribution in [2.45, 2.75) is 47.0 Å². The lowest BCUT2D eigenvalue weighted by Gasteiger charge is -2.12. The highest BCUT2D eigenvalue weighted by atomic mass is 32.1. The molecular formula is C20H26N2OS. The predicted molar refractivity (Wildman–Crippen MR) is 105 cm³/mol. The number of nitrogens with one attached hydrogen (secondary N) is 2. The van der Waals surface area contributed by atoms with Crippen molar-refractivity contribution in [1.82, 2.24) is 0 Å². The average Bonchev–Trinajstić information content (AvgIpc) is 2.87. The summed E-state index contributed by atoms with van der Waals surface area (Å²) in [4.78, 5) is 13.5. The van der Waals surface area contributed by atoms with Crippen molar-refractivity contribution >= 4 is 27.8 Å². The molecule has 0 atom stereocenters.